The fourth-order valence-corrected chi connectivity index (χ4v) is 13.2. The van der Waals surface area contributed by atoms with Gasteiger partial charge >= 0.3 is 17.9 Å². The van der Waals surface area contributed by atoms with E-state index in [1.165, 1.54) is 70.1 Å². The highest BCUT2D eigenvalue weighted by Crippen LogP contribution is 2.16. The van der Waals surface area contributed by atoms with Gasteiger partial charge in [0.15, 0.2) is 11.9 Å². The van der Waals surface area contributed by atoms with E-state index in [-0.39, 0.29) is 87.3 Å². The number of nitrogens with zero attached hydrogens (tertiary/aromatic N) is 3. The molecule has 132 heavy (non-hydrogen) atoms. The molecule has 0 unspecified atom stereocenters. The maximum atomic E-state index is 15.0. The lowest BCUT2D eigenvalue weighted by Crippen LogP contribution is -2.62. The van der Waals surface area contributed by atoms with Crippen molar-refractivity contribution in [3.05, 3.63) is 90.5 Å². The van der Waals surface area contributed by atoms with Crippen molar-refractivity contribution in [2.45, 2.75) is 228 Å². The summed E-state index contributed by atoms with van der Waals surface area (Å²) in [6.45, 7) is 6.18. The third-order valence-corrected chi connectivity index (χ3v) is 20.3. The molecule has 0 aliphatic heterocycles. The number of aliphatic hydroxyl groups excluding tert-OH is 1. The van der Waals surface area contributed by atoms with Crippen LogP contribution in [0.1, 0.15) is 134 Å². The highest BCUT2D eigenvalue weighted by molar-refractivity contribution is 7.98. The molecule has 3 aromatic heterocycles. The summed E-state index contributed by atoms with van der Waals surface area (Å²) >= 11 is 1.23. The van der Waals surface area contributed by atoms with Gasteiger partial charge in [-0.15, -0.1) is 0 Å². The number of aliphatic carboxylic acids is 3. The van der Waals surface area contributed by atoms with Crippen molar-refractivity contribution in [1.82, 2.24) is 115 Å². The molecular formula is C79H121N29O23S. The second-order valence-corrected chi connectivity index (χ2v) is 32.4. The van der Waals surface area contributed by atoms with Gasteiger partial charge in [0.1, 0.15) is 84.6 Å². The SMILES string of the molecule is CSCC[C@H](NC(=O)[C@H](CC(N)=O)NC(=O)[C@H](Cc1c[nH]cn1)NC(=O)[C@H](Cc1c[nH]cn1)NC(=O)[C@H](CCCNC(=N)N)NC(=O)[C@@H](NC(=O)[C@H](CC(C)C)NC(=O)[C@H](CCC(=O)O)NC(=O)[C@H](CC(=O)O)NC(=O)[C@H](CO)NC(=O)[C@H](CCCNC(=N)N)NC(=O)[C@H](C)NC(=O)[C@@H](N)Cc1ccccc1)C(C)C)C(=O)N[C@@H](Cc1c[nH]cn1)C(=O)N[C@@H](CCC(N)=O)C(=O)O. The van der Waals surface area contributed by atoms with Crippen molar-refractivity contribution in [2.75, 3.05) is 31.7 Å². The number of hydrogen-bond donors (Lipinski definition) is 30. The Kier molecular flexibility index (Phi) is 47.3. The predicted octanol–water partition coefficient (Wildman–Crippen LogP) is -9.20. The van der Waals surface area contributed by atoms with Crippen LogP contribution in [-0.4, -0.2) is 297 Å². The van der Waals surface area contributed by atoms with Crippen molar-refractivity contribution < 1.29 is 112 Å². The van der Waals surface area contributed by atoms with Gasteiger partial charge in [-0.3, -0.25) is 97.1 Å². The van der Waals surface area contributed by atoms with Crippen LogP contribution in [0.4, 0.5) is 0 Å². The monoisotopic (exact) mass is 1880 g/mol. The number of aliphatic hydroxyl groups is 1. The molecule has 16 amide bonds. The highest BCUT2D eigenvalue weighted by Gasteiger charge is 2.40. The summed E-state index contributed by atoms with van der Waals surface area (Å²) in [5.74, 6) is -24.5. The minimum Gasteiger partial charge on any atom is -0.481 e. The Morgan fingerprint density at radius 3 is 1.17 bits per heavy atom. The first-order valence-corrected chi connectivity index (χ1v) is 43.2. The van der Waals surface area contributed by atoms with E-state index >= 15 is 0 Å². The third kappa shape index (κ3) is 40.9. The van der Waals surface area contributed by atoms with Gasteiger partial charge in [0.25, 0.3) is 0 Å². The summed E-state index contributed by atoms with van der Waals surface area (Å²) in [6.07, 6.45) is 2.73. The molecule has 0 saturated heterocycles. The number of nitrogens with two attached hydrogens (primary N) is 5. The van der Waals surface area contributed by atoms with Crippen LogP contribution in [0.3, 0.4) is 0 Å². The molecule has 0 spiro atoms. The van der Waals surface area contributed by atoms with Gasteiger partial charge in [-0.2, -0.15) is 11.8 Å². The van der Waals surface area contributed by atoms with Crippen LogP contribution in [0.5, 0.6) is 0 Å². The number of rotatable bonds is 62. The summed E-state index contributed by atoms with van der Waals surface area (Å²) < 4.78 is 0. The van der Waals surface area contributed by atoms with E-state index in [1.807, 2.05) is 0 Å². The maximum Gasteiger partial charge on any atom is 0.326 e. The molecule has 3 heterocycles. The molecule has 15 atom stereocenters. The van der Waals surface area contributed by atoms with Crippen LogP contribution in [0.2, 0.25) is 0 Å². The third-order valence-electron chi connectivity index (χ3n) is 19.7. The topological polar surface area (TPSA) is 862 Å². The molecule has 52 nitrogen and oxygen atoms in total. The fourth-order valence-electron chi connectivity index (χ4n) is 12.8. The zero-order chi connectivity index (χ0) is 98.4. The Morgan fingerprint density at radius 1 is 0.402 bits per heavy atom. The molecule has 53 heteroatoms. The smallest absolute Gasteiger partial charge is 0.326 e. The number of aromatic nitrogens is 6. The Bertz CT molecular complexity index is 4570. The summed E-state index contributed by atoms with van der Waals surface area (Å²) in [5, 5.41) is 94.2. The van der Waals surface area contributed by atoms with Gasteiger partial charge in [0.05, 0.1) is 61.6 Å². The minimum atomic E-state index is -2.17. The average molecular weight is 1880 g/mol. The number of H-pyrrole nitrogens is 3. The largest absolute Gasteiger partial charge is 0.481 e. The Labute approximate surface area is 760 Å². The molecule has 4 rings (SSSR count). The standard InChI is InChI=1S/C79H121N29O23S/c1-38(2)24-51(101-67(120)48(17-19-60(112)113)97-73(126)56(30-61(114)115)106-75(128)57(34-109)107-66(119)46(14-10-21-90-78(83)84)96-63(116)40(5)95-64(117)45(80)25-41-12-8-7-9-13-41)74(127)108-62(39(3)4)76(129)99-47(15-11-22-91-79(85)86)65(118)102-53(27-43-32-88-36-93-43)70(123)104-54(28-44-33-89-37-94-44)71(124)105-55(29-59(82)111)72(125)98-49(20-23-132-6)68(121)103-52(26-42-31-87-35-92-42)69(122)100-50(77(130)131)16-18-58(81)110/h7-9,12-13,31-33,35-40,45-57,62,109H,10-11,14-30,34,80H2,1-6H3,(H2,81,110)(H2,82,111)(H,87,92)(H,88,93)(H,89,94)(H,95,117)(H,96,116)(H,97,126)(H,98,125)(H,99,129)(H,100,122)(H,101,120)(H,102,118)(H,103,121)(H,104,123)(H,105,124)(H,106,128)(H,107,119)(H,108,127)(H,112,113)(H,114,115)(H,130,131)(H4,83,84,90)(H4,85,86,91)/t40-,45-,46-,47-,48-,49-,50-,51-,52-,53-,54-,55-,56-,57-,62-/m0/s1. The summed E-state index contributed by atoms with van der Waals surface area (Å²) in [7, 11) is 0. The predicted molar refractivity (Wildman–Crippen MR) is 469 cm³/mol. The molecule has 726 valence electrons. The second-order valence-electron chi connectivity index (χ2n) is 31.4. The van der Waals surface area contributed by atoms with E-state index in [9.17, 15) is 112 Å². The molecular weight excluding hydrogens is 1760 g/mol. The van der Waals surface area contributed by atoms with Crippen LogP contribution < -0.4 is 114 Å². The molecule has 1 aromatic carbocycles. The van der Waals surface area contributed by atoms with Crippen LogP contribution in [0.25, 0.3) is 0 Å². The first-order chi connectivity index (χ1) is 62.4. The summed E-state index contributed by atoms with van der Waals surface area (Å²) in [5.41, 5.74) is 29.1. The normalized spacial score (nSPS) is 14.5. The highest BCUT2D eigenvalue weighted by atomic mass is 32.2. The zero-order valence-electron chi connectivity index (χ0n) is 73.5. The number of amides is 16. The van der Waals surface area contributed by atoms with Crippen LogP contribution in [-0.2, 0) is 117 Å². The fraction of sp³-hybridized carbons (Fsp3) is 0.544. The lowest BCUT2D eigenvalue weighted by atomic mass is 9.98. The number of thioether (sulfide) groups is 1. The first kappa shape index (κ1) is 110. The number of aromatic amines is 3. The number of carbonyl (C=O) groups is 19. The number of carbonyl (C=O) groups excluding carboxylic acids is 16. The zero-order valence-corrected chi connectivity index (χ0v) is 74.3. The molecule has 0 bridgehead atoms. The van der Waals surface area contributed by atoms with E-state index in [1.54, 1.807) is 50.4 Å². The van der Waals surface area contributed by atoms with Crippen molar-refractivity contribution >= 4 is 136 Å². The number of carboxylic acid groups (broad SMARTS) is 3. The van der Waals surface area contributed by atoms with Gasteiger partial charge < -0.3 is 149 Å². The van der Waals surface area contributed by atoms with Gasteiger partial charge in [-0.05, 0) is 94.1 Å². The Morgan fingerprint density at radius 2 is 0.773 bits per heavy atom. The van der Waals surface area contributed by atoms with Crippen molar-refractivity contribution in [3.63, 3.8) is 0 Å². The number of imidazole rings is 3. The molecule has 0 saturated carbocycles. The number of carboxylic acids is 3. The van der Waals surface area contributed by atoms with Crippen LogP contribution >= 0.6 is 11.8 Å². The van der Waals surface area contributed by atoms with Gasteiger partial charge in [0.2, 0.25) is 94.5 Å². The molecule has 0 aliphatic rings. The lowest BCUT2D eigenvalue weighted by Gasteiger charge is -2.29. The molecule has 35 N–H and O–H groups in total. The van der Waals surface area contributed by atoms with E-state index in [0.717, 1.165) is 5.56 Å². The van der Waals surface area contributed by atoms with Gasteiger partial charge in [-0.1, -0.05) is 58.0 Å². The number of nitrogens with one attached hydrogen (secondary N) is 21. The number of hydrogen-bond acceptors (Lipinski definition) is 27. The first-order valence-electron chi connectivity index (χ1n) is 41.8. The Hall–Kier alpha value is -14.4. The molecule has 4 aromatic rings. The van der Waals surface area contributed by atoms with Gasteiger partial charge in [-0.25, -0.2) is 19.7 Å². The van der Waals surface area contributed by atoms with E-state index < -0.39 is 285 Å². The van der Waals surface area contributed by atoms with E-state index in [2.05, 4.69) is 115 Å². The summed E-state index contributed by atoms with van der Waals surface area (Å²) in [4.78, 5) is 281. The number of benzene rings is 1. The van der Waals surface area contributed by atoms with Crippen molar-refractivity contribution in [1.29, 1.82) is 10.8 Å². The quantitative estimate of drug-likeness (QED) is 0.0111. The van der Waals surface area contributed by atoms with Crippen molar-refractivity contribution in [2.24, 2.45) is 40.5 Å². The van der Waals surface area contributed by atoms with Crippen molar-refractivity contribution in [3.8, 4) is 0 Å². The molecule has 0 fully saturated rings. The lowest BCUT2D eigenvalue weighted by molar-refractivity contribution is -0.143. The average Bonchev–Trinajstić information content (AvgIpc) is 1.13. The molecule has 0 radical (unpaired) electrons. The Balaban J connectivity index is 1.62. The number of guanidine groups is 2. The molecule has 0 aliphatic carbocycles. The van der Waals surface area contributed by atoms with Crippen LogP contribution in [0.15, 0.2) is 67.9 Å². The van der Waals surface area contributed by atoms with Gasteiger partial charge in [0, 0.05) is 63.8 Å². The maximum absolute atomic E-state index is 15.0. The number of primary amides is 2. The van der Waals surface area contributed by atoms with Crippen LogP contribution in [0, 0.1) is 22.7 Å². The minimum absolute atomic E-state index is 0.0107. The van der Waals surface area contributed by atoms with E-state index in [4.69, 9.17) is 39.5 Å². The summed E-state index contributed by atoms with van der Waals surface area (Å²) in [6, 6.07) is -16.5. The van der Waals surface area contributed by atoms with E-state index in [0.29, 0.717) is 0 Å². The second kappa shape index (κ2) is 56.8.